The molecule has 86 valence electrons. The first-order valence-corrected chi connectivity index (χ1v) is 5.45. The van der Waals surface area contributed by atoms with Gasteiger partial charge in [0.1, 0.15) is 0 Å². The monoisotopic (exact) mass is 220 g/mol. The van der Waals surface area contributed by atoms with Crippen LogP contribution < -0.4 is 11.1 Å². The molecular formula is C12H16N2O2. The Bertz CT molecular complexity index is 392. The molecule has 0 radical (unpaired) electrons. The van der Waals surface area contributed by atoms with Crippen molar-refractivity contribution in [3.05, 3.63) is 35.4 Å². The van der Waals surface area contributed by atoms with E-state index in [9.17, 15) is 4.79 Å². The fraction of sp³-hybridized carbons (Fsp3) is 0.417. The minimum Gasteiger partial charge on any atom is -0.395 e. The van der Waals surface area contributed by atoms with Crippen LogP contribution in [0.1, 0.15) is 28.3 Å². The molecule has 0 saturated carbocycles. The zero-order chi connectivity index (χ0) is 11.5. The molecule has 0 unspecified atom stereocenters. The Morgan fingerprint density at radius 3 is 2.88 bits per heavy atom. The Balaban J connectivity index is 2.24. The highest BCUT2D eigenvalue weighted by atomic mass is 16.3. The molecule has 0 spiro atoms. The highest BCUT2D eigenvalue weighted by Crippen LogP contribution is 2.27. The van der Waals surface area contributed by atoms with E-state index >= 15 is 0 Å². The van der Waals surface area contributed by atoms with Gasteiger partial charge >= 0.3 is 0 Å². The van der Waals surface area contributed by atoms with Crippen molar-refractivity contribution in [1.82, 2.24) is 5.32 Å². The highest BCUT2D eigenvalue weighted by molar-refractivity contribution is 5.94. The molecule has 1 aromatic carbocycles. The molecule has 1 heterocycles. The zero-order valence-electron chi connectivity index (χ0n) is 9.02. The number of aliphatic hydroxyl groups is 1. The Morgan fingerprint density at radius 1 is 1.50 bits per heavy atom. The van der Waals surface area contributed by atoms with Crippen molar-refractivity contribution in [3.63, 3.8) is 0 Å². The van der Waals surface area contributed by atoms with Gasteiger partial charge in [0.2, 0.25) is 5.91 Å². The number of carbonyl (C=O) groups excluding carboxylic acids is 1. The molecule has 1 aliphatic heterocycles. The maximum Gasteiger partial charge on any atom is 0.248 e. The van der Waals surface area contributed by atoms with Gasteiger partial charge in [0.25, 0.3) is 0 Å². The summed E-state index contributed by atoms with van der Waals surface area (Å²) in [6.45, 7) is 0.921. The van der Waals surface area contributed by atoms with Gasteiger partial charge in [-0.1, -0.05) is 18.2 Å². The first kappa shape index (κ1) is 11.1. The highest BCUT2D eigenvalue weighted by Gasteiger charge is 2.26. The fourth-order valence-corrected chi connectivity index (χ4v) is 2.27. The third kappa shape index (κ3) is 2.08. The maximum absolute atomic E-state index is 11.3. The van der Waals surface area contributed by atoms with Gasteiger partial charge in [-0.2, -0.15) is 0 Å². The number of nitrogens with one attached hydrogen (secondary N) is 1. The third-order valence-corrected chi connectivity index (χ3v) is 3.11. The summed E-state index contributed by atoms with van der Waals surface area (Å²) in [4.78, 5) is 11.3. The van der Waals surface area contributed by atoms with Crippen molar-refractivity contribution in [2.75, 3.05) is 13.2 Å². The molecule has 1 aliphatic rings. The minimum atomic E-state index is -0.386. The largest absolute Gasteiger partial charge is 0.395 e. The van der Waals surface area contributed by atoms with Crippen molar-refractivity contribution < 1.29 is 9.90 Å². The van der Waals surface area contributed by atoms with Gasteiger partial charge in [-0.05, 0) is 24.0 Å². The van der Waals surface area contributed by atoms with Crippen LogP contribution in [0, 0.1) is 0 Å². The van der Waals surface area contributed by atoms with Gasteiger partial charge in [0.05, 0.1) is 6.61 Å². The van der Waals surface area contributed by atoms with Gasteiger partial charge in [-0.3, -0.25) is 4.79 Å². The van der Waals surface area contributed by atoms with Crippen LogP contribution in [-0.4, -0.2) is 30.2 Å². The van der Waals surface area contributed by atoms with E-state index in [4.69, 9.17) is 10.8 Å². The van der Waals surface area contributed by atoms with E-state index < -0.39 is 0 Å². The second-order valence-corrected chi connectivity index (χ2v) is 4.17. The van der Waals surface area contributed by atoms with E-state index in [0.29, 0.717) is 5.56 Å². The molecule has 2 rings (SSSR count). The van der Waals surface area contributed by atoms with Crippen LogP contribution in [0.15, 0.2) is 24.3 Å². The lowest BCUT2D eigenvalue weighted by molar-refractivity contribution is 0.0999. The number of aliphatic hydroxyl groups excluding tert-OH is 1. The van der Waals surface area contributed by atoms with Crippen molar-refractivity contribution in [2.45, 2.75) is 18.4 Å². The van der Waals surface area contributed by atoms with Crippen LogP contribution in [0.4, 0.5) is 0 Å². The smallest absolute Gasteiger partial charge is 0.248 e. The van der Waals surface area contributed by atoms with Crippen LogP contribution in [0.3, 0.4) is 0 Å². The van der Waals surface area contributed by atoms with E-state index in [-0.39, 0.29) is 24.5 Å². The predicted molar refractivity (Wildman–Crippen MR) is 61.2 cm³/mol. The summed E-state index contributed by atoms with van der Waals surface area (Å²) in [6, 6.07) is 7.55. The van der Waals surface area contributed by atoms with Crippen LogP contribution in [0.5, 0.6) is 0 Å². The molecule has 2 atom stereocenters. The fourth-order valence-electron chi connectivity index (χ4n) is 2.27. The number of primary amides is 1. The Kier molecular flexibility index (Phi) is 3.22. The van der Waals surface area contributed by atoms with Gasteiger partial charge in [-0.25, -0.2) is 0 Å². The Hall–Kier alpha value is -1.39. The summed E-state index contributed by atoms with van der Waals surface area (Å²) in [5.74, 6) is -0.121. The summed E-state index contributed by atoms with van der Waals surface area (Å²) in [6.07, 6.45) is 0.848. The lowest BCUT2D eigenvalue weighted by Crippen LogP contribution is -2.24. The number of hydrogen-bond donors (Lipinski definition) is 3. The van der Waals surface area contributed by atoms with Crippen LogP contribution in [-0.2, 0) is 0 Å². The van der Waals surface area contributed by atoms with Crippen molar-refractivity contribution in [1.29, 1.82) is 0 Å². The summed E-state index contributed by atoms with van der Waals surface area (Å²) >= 11 is 0. The molecule has 16 heavy (non-hydrogen) atoms. The molecule has 0 bridgehead atoms. The number of hydrogen-bond acceptors (Lipinski definition) is 3. The molecule has 1 amide bonds. The molecule has 1 aromatic rings. The number of carbonyl (C=O) groups is 1. The number of nitrogens with two attached hydrogens (primary N) is 1. The Morgan fingerprint density at radius 2 is 2.25 bits per heavy atom. The van der Waals surface area contributed by atoms with Crippen molar-refractivity contribution in [2.24, 2.45) is 5.73 Å². The molecule has 0 aromatic heterocycles. The van der Waals surface area contributed by atoms with Crippen LogP contribution >= 0.6 is 0 Å². The molecule has 1 saturated heterocycles. The standard InChI is InChI=1S/C12H16N2O2/c13-12(16)11-4-2-1-3-10(11)8-5-9(7-15)14-6-8/h1-4,8-9,14-15H,5-7H2,(H2,13,16)/t8-,9+/m1/s1. The van der Waals surface area contributed by atoms with Crippen LogP contribution in [0.2, 0.25) is 0 Å². The minimum absolute atomic E-state index is 0.130. The molecule has 4 N–H and O–H groups in total. The first-order valence-electron chi connectivity index (χ1n) is 5.45. The lowest BCUT2D eigenvalue weighted by Gasteiger charge is -2.12. The third-order valence-electron chi connectivity index (χ3n) is 3.11. The quantitative estimate of drug-likeness (QED) is 0.682. The molecular weight excluding hydrogens is 204 g/mol. The topological polar surface area (TPSA) is 75.4 Å². The average Bonchev–Trinajstić information content (AvgIpc) is 2.77. The van der Waals surface area contributed by atoms with Gasteiger partial charge < -0.3 is 16.2 Å². The second kappa shape index (κ2) is 4.63. The first-order chi connectivity index (χ1) is 7.72. The van der Waals surface area contributed by atoms with E-state index in [0.717, 1.165) is 18.5 Å². The van der Waals surface area contributed by atoms with E-state index in [1.165, 1.54) is 0 Å². The SMILES string of the molecule is NC(=O)c1ccccc1[C@H]1CN[C@H](CO)C1. The summed E-state index contributed by atoms with van der Waals surface area (Å²) in [5, 5.41) is 12.3. The number of rotatable bonds is 3. The Labute approximate surface area is 94.5 Å². The summed E-state index contributed by atoms with van der Waals surface area (Å²) < 4.78 is 0. The summed E-state index contributed by atoms with van der Waals surface area (Å²) in [7, 11) is 0. The zero-order valence-corrected chi connectivity index (χ0v) is 9.02. The molecule has 0 aliphatic carbocycles. The average molecular weight is 220 g/mol. The van der Waals surface area contributed by atoms with E-state index in [1.807, 2.05) is 18.2 Å². The van der Waals surface area contributed by atoms with Crippen LogP contribution in [0.25, 0.3) is 0 Å². The van der Waals surface area contributed by atoms with E-state index in [2.05, 4.69) is 5.32 Å². The molecule has 4 heteroatoms. The maximum atomic E-state index is 11.3. The lowest BCUT2D eigenvalue weighted by atomic mass is 9.92. The van der Waals surface area contributed by atoms with Gasteiger partial charge in [0, 0.05) is 18.2 Å². The predicted octanol–water partition coefficient (Wildman–Crippen LogP) is 0.223. The summed E-state index contributed by atoms with van der Waals surface area (Å²) in [5.41, 5.74) is 6.92. The molecule has 4 nitrogen and oxygen atoms in total. The van der Waals surface area contributed by atoms with Crippen molar-refractivity contribution in [3.8, 4) is 0 Å². The number of amides is 1. The number of benzene rings is 1. The molecule has 1 fully saturated rings. The normalized spacial score (nSPS) is 24.6. The van der Waals surface area contributed by atoms with Gasteiger partial charge in [0.15, 0.2) is 0 Å². The van der Waals surface area contributed by atoms with Gasteiger partial charge in [-0.15, -0.1) is 0 Å². The van der Waals surface area contributed by atoms with E-state index in [1.54, 1.807) is 6.07 Å². The second-order valence-electron chi connectivity index (χ2n) is 4.17. The van der Waals surface area contributed by atoms with Crippen molar-refractivity contribution >= 4 is 5.91 Å².